The normalized spacial score (nSPS) is 14.5. The summed E-state index contributed by atoms with van der Waals surface area (Å²) in [5, 5.41) is 0. The summed E-state index contributed by atoms with van der Waals surface area (Å²) in [5.41, 5.74) is 1.20. The standard InChI is InChI=1S/C18H27N3O3/c1-15-6-8-16(9-7-15)24-14-4-5-17(22)20-10-12-21(13-11-20)18(23)19(2)3/h6-9H,4-5,10-14H2,1-3H3. The molecule has 6 heteroatoms. The van der Waals surface area contributed by atoms with Crippen LogP contribution in [0.5, 0.6) is 5.75 Å². The predicted molar refractivity (Wildman–Crippen MR) is 93.1 cm³/mol. The second-order valence-electron chi connectivity index (χ2n) is 6.31. The quantitative estimate of drug-likeness (QED) is 0.774. The van der Waals surface area contributed by atoms with Gasteiger partial charge in [-0.1, -0.05) is 17.7 Å². The zero-order valence-corrected chi connectivity index (χ0v) is 14.8. The van der Waals surface area contributed by atoms with Crippen LogP contribution in [0.15, 0.2) is 24.3 Å². The van der Waals surface area contributed by atoms with E-state index in [1.807, 2.05) is 36.1 Å². The maximum atomic E-state index is 12.2. The van der Waals surface area contributed by atoms with Gasteiger partial charge in [-0.3, -0.25) is 4.79 Å². The van der Waals surface area contributed by atoms with Crippen LogP contribution in [0, 0.1) is 6.92 Å². The van der Waals surface area contributed by atoms with Gasteiger partial charge in [0.25, 0.3) is 0 Å². The summed E-state index contributed by atoms with van der Waals surface area (Å²) in [5.74, 6) is 0.975. The molecule has 1 aliphatic rings. The fourth-order valence-corrected chi connectivity index (χ4v) is 2.64. The van der Waals surface area contributed by atoms with Crippen molar-refractivity contribution in [3.63, 3.8) is 0 Å². The van der Waals surface area contributed by atoms with Crippen LogP contribution < -0.4 is 4.74 Å². The second-order valence-corrected chi connectivity index (χ2v) is 6.31. The molecule has 0 aliphatic carbocycles. The van der Waals surface area contributed by atoms with Crippen LogP contribution in [-0.4, -0.2) is 73.5 Å². The molecule has 0 unspecified atom stereocenters. The molecular weight excluding hydrogens is 306 g/mol. The monoisotopic (exact) mass is 333 g/mol. The zero-order valence-electron chi connectivity index (χ0n) is 14.8. The SMILES string of the molecule is Cc1ccc(OCCCC(=O)N2CCN(C(=O)N(C)C)CC2)cc1. The molecule has 0 N–H and O–H groups in total. The van der Waals surface area contributed by atoms with Crippen molar-refractivity contribution >= 4 is 11.9 Å². The summed E-state index contributed by atoms with van der Waals surface area (Å²) >= 11 is 0. The Bertz CT molecular complexity index is 549. The summed E-state index contributed by atoms with van der Waals surface area (Å²) in [4.78, 5) is 29.3. The lowest BCUT2D eigenvalue weighted by Crippen LogP contribution is -2.52. The van der Waals surface area contributed by atoms with Gasteiger partial charge in [0.05, 0.1) is 6.61 Å². The van der Waals surface area contributed by atoms with Gasteiger partial charge >= 0.3 is 6.03 Å². The first kappa shape index (κ1) is 18.1. The van der Waals surface area contributed by atoms with Crippen molar-refractivity contribution in [3.8, 4) is 5.75 Å². The predicted octanol–water partition coefficient (Wildman–Crippen LogP) is 1.98. The number of nitrogens with zero attached hydrogens (tertiary/aromatic N) is 3. The minimum atomic E-state index is 0.00796. The lowest BCUT2D eigenvalue weighted by atomic mass is 10.2. The third-order valence-corrected chi connectivity index (χ3v) is 4.11. The number of aryl methyl sites for hydroxylation is 1. The van der Waals surface area contributed by atoms with Crippen molar-refractivity contribution in [2.75, 3.05) is 46.9 Å². The molecule has 0 saturated carbocycles. The number of urea groups is 1. The van der Waals surface area contributed by atoms with E-state index in [0.29, 0.717) is 45.6 Å². The van der Waals surface area contributed by atoms with Crippen molar-refractivity contribution in [1.82, 2.24) is 14.7 Å². The number of hydrogen-bond donors (Lipinski definition) is 0. The van der Waals surface area contributed by atoms with Gasteiger partial charge in [-0.2, -0.15) is 0 Å². The van der Waals surface area contributed by atoms with Crippen LogP contribution in [0.25, 0.3) is 0 Å². The first-order valence-corrected chi connectivity index (χ1v) is 8.41. The summed E-state index contributed by atoms with van der Waals surface area (Å²) in [6.45, 7) is 4.99. The summed E-state index contributed by atoms with van der Waals surface area (Å²) in [7, 11) is 3.49. The molecule has 1 heterocycles. The van der Waals surface area contributed by atoms with Crippen molar-refractivity contribution in [2.45, 2.75) is 19.8 Å². The van der Waals surface area contributed by atoms with E-state index in [1.54, 1.807) is 23.9 Å². The first-order valence-electron chi connectivity index (χ1n) is 8.41. The average Bonchev–Trinajstić information content (AvgIpc) is 2.59. The van der Waals surface area contributed by atoms with E-state index in [9.17, 15) is 9.59 Å². The molecule has 1 aromatic carbocycles. The Morgan fingerprint density at radius 3 is 2.21 bits per heavy atom. The Balaban J connectivity index is 1.65. The highest BCUT2D eigenvalue weighted by Gasteiger charge is 2.24. The van der Waals surface area contributed by atoms with E-state index >= 15 is 0 Å². The molecule has 132 valence electrons. The number of hydrogen-bond acceptors (Lipinski definition) is 3. The second kappa shape index (κ2) is 8.57. The number of piperazine rings is 1. The smallest absolute Gasteiger partial charge is 0.319 e. The minimum Gasteiger partial charge on any atom is -0.494 e. The summed E-state index contributed by atoms with van der Waals surface area (Å²) in [6, 6.07) is 7.91. The zero-order chi connectivity index (χ0) is 17.5. The molecule has 1 aromatic rings. The first-order chi connectivity index (χ1) is 11.5. The van der Waals surface area contributed by atoms with Crippen LogP contribution in [-0.2, 0) is 4.79 Å². The number of carbonyl (C=O) groups excluding carboxylic acids is 2. The van der Waals surface area contributed by atoms with Crippen LogP contribution in [0.2, 0.25) is 0 Å². The van der Waals surface area contributed by atoms with Gasteiger partial charge in [-0.05, 0) is 25.5 Å². The van der Waals surface area contributed by atoms with Crippen LogP contribution in [0.1, 0.15) is 18.4 Å². The number of ether oxygens (including phenoxy) is 1. The van der Waals surface area contributed by atoms with Crippen LogP contribution >= 0.6 is 0 Å². The number of rotatable bonds is 5. The van der Waals surface area contributed by atoms with Gasteiger partial charge in [0.2, 0.25) is 5.91 Å². The number of carbonyl (C=O) groups is 2. The van der Waals surface area contributed by atoms with E-state index < -0.39 is 0 Å². The lowest BCUT2D eigenvalue weighted by Gasteiger charge is -2.36. The molecule has 1 aliphatic heterocycles. The molecule has 6 nitrogen and oxygen atoms in total. The minimum absolute atomic E-state index is 0.00796. The fraction of sp³-hybridized carbons (Fsp3) is 0.556. The van der Waals surface area contributed by atoms with Crippen LogP contribution in [0.4, 0.5) is 4.79 Å². The topological polar surface area (TPSA) is 53.1 Å². The molecule has 0 atom stereocenters. The molecule has 3 amide bonds. The molecule has 2 rings (SSSR count). The maximum Gasteiger partial charge on any atom is 0.319 e. The van der Waals surface area contributed by atoms with E-state index in [0.717, 1.165) is 5.75 Å². The molecule has 0 spiro atoms. The Labute approximate surface area is 144 Å². The van der Waals surface area contributed by atoms with Crippen molar-refractivity contribution < 1.29 is 14.3 Å². The molecule has 24 heavy (non-hydrogen) atoms. The van der Waals surface area contributed by atoms with E-state index in [-0.39, 0.29) is 11.9 Å². The maximum absolute atomic E-state index is 12.2. The third-order valence-electron chi connectivity index (χ3n) is 4.11. The molecule has 0 bridgehead atoms. The third kappa shape index (κ3) is 5.15. The van der Waals surface area contributed by atoms with Gasteiger partial charge in [0.1, 0.15) is 5.75 Å². The van der Waals surface area contributed by atoms with Gasteiger partial charge in [0, 0.05) is 46.7 Å². The Hall–Kier alpha value is -2.24. The molecule has 1 fully saturated rings. The van der Waals surface area contributed by atoms with Crippen molar-refractivity contribution in [2.24, 2.45) is 0 Å². The highest BCUT2D eigenvalue weighted by Crippen LogP contribution is 2.12. The molecule has 1 saturated heterocycles. The largest absolute Gasteiger partial charge is 0.494 e. The Morgan fingerprint density at radius 1 is 1.04 bits per heavy atom. The summed E-state index contributed by atoms with van der Waals surface area (Å²) in [6.07, 6.45) is 1.18. The highest BCUT2D eigenvalue weighted by molar-refractivity contribution is 5.77. The average molecular weight is 333 g/mol. The van der Waals surface area contributed by atoms with Gasteiger partial charge in [-0.15, -0.1) is 0 Å². The Morgan fingerprint density at radius 2 is 1.62 bits per heavy atom. The van der Waals surface area contributed by atoms with Crippen molar-refractivity contribution in [3.05, 3.63) is 29.8 Å². The molecular formula is C18H27N3O3. The summed E-state index contributed by atoms with van der Waals surface area (Å²) < 4.78 is 5.64. The fourth-order valence-electron chi connectivity index (χ4n) is 2.64. The van der Waals surface area contributed by atoms with Crippen LogP contribution in [0.3, 0.4) is 0 Å². The molecule has 0 radical (unpaired) electrons. The lowest BCUT2D eigenvalue weighted by molar-refractivity contribution is -0.132. The van der Waals surface area contributed by atoms with Gasteiger partial charge in [0.15, 0.2) is 0 Å². The highest BCUT2D eigenvalue weighted by atomic mass is 16.5. The van der Waals surface area contributed by atoms with Gasteiger partial charge in [-0.25, -0.2) is 4.79 Å². The number of amides is 3. The van der Waals surface area contributed by atoms with E-state index in [4.69, 9.17) is 4.74 Å². The molecule has 0 aromatic heterocycles. The van der Waals surface area contributed by atoms with E-state index in [1.165, 1.54) is 5.56 Å². The van der Waals surface area contributed by atoms with Crippen molar-refractivity contribution in [1.29, 1.82) is 0 Å². The van der Waals surface area contributed by atoms with Gasteiger partial charge < -0.3 is 19.4 Å². The van der Waals surface area contributed by atoms with E-state index in [2.05, 4.69) is 0 Å². The number of benzene rings is 1. The Kier molecular flexibility index (Phi) is 6.46.